The van der Waals surface area contributed by atoms with Crippen LogP contribution in [-0.2, 0) is 103 Å². The first kappa shape index (κ1) is 100. The number of nitrogens with zero attached hydrogens (tertiary/aromatic N) is 6. The number of aromatic nitrogens is 5. The molecular formula is C91H134N10O24. The zero-order valence-electron chi connectivity index (χ0n) is 74.3. The molecule has 34 nitrogen and oxygen atoms in total. The van der Waals surface area contributed by atoms with Gasteiger partial charge in [-0.05, 0) is 136 Å². The number of cyclic esters (lactones) is 1. The summed E-state index contributed by atoms with van der Waals surface area (Å²) in [5.41, 5.74) is 18.4. The Labute approximate surface area is 732 Å². The van der Waals surface area contributed by atoms with Gasteiger partial charge in [-0.15, -0.1) is 0 Å². The Balaban J connectivity index is 0.595. The van der Waals surface area contributed by atoms with E-state index in [9.17, 15) is 44.1 Å². The number of piperidine rings is 1. The van der Waals surface area contributed by atoms with E-state index in [1.807, 2.05) is 94.5 Å². The van der Waals surface area contributed by atoms with Crippen molar-refractivity contribution in [1.29, 1.82) is 0 Å². The van der Waals surface area contributed by atoms with Gasteiger partial charge in [0.1, 0.15) is 53.8 Å². The molecule has 125 heavy (non-hydrogen) atoms. The van der Waals surface area contributed by atoms with Crippen molar-refractivity contribution in [3.8, 4) is 11.3 Å². The number of fused-ring (bicyclic) bond motifs is 5. The monoisotopic (exact) mass is 1750 g/mol. The number of oxazole rings is 1. The van der Waals surface area contributed by atoms with E-state index in [0.29, 0.717) is 203 Å². The molecule has 1 aliphatic carbocycles. The van der Waals surface area contributed by atoms with E-state index in [1.54, 1.807) is 51.8 Å². The molecule has 34 heteroatoms. The van der Waals surface area contributed by atoms with Gasteiger partial charge in [-0.3, -0.25) is 19.2 Å². The first-order valence-corrected chi connectivity index (χ1v) is 44.0. The number of ketones is 2. The normalized spacial score (nSPS) is 27.2. The van der Waals surface area contributed by atoms with Crippen LogP contribution in [0, 0.1) is 35.5 Å². The molecule has 4 aliphatic rings. The number of nitrogens with one attached hydrogen (secondary N) is 2. The van der Waals surface area contributed by atoms with Gasteiger partial charge in [-0.2, -0.15) is 10.1 Å². The van der Waals surface area contributed by atoms with Crippen LogP contribution in [0.1, 0.15) is 143 Å². The molecule has 1 saturated carbocycles. The summed E-state index contributed by atoms with van der Waals surface area (Å²) in [5, 5.41) is 47.1. The topological polar surface area (TPSA) is 441 Å². The minimum Gasteiger partial charge on any atom is -0.460 e. The van der Waals surface area contributed by atoms with Gasteiger partial charge in [0.15, 0.2) is 17.0 Å². The highest BCUT2D eigenvalue weighted by Crippen LogP contribution is 2.40. The van der Waals surface area contributed by atoms with E-state index in [0.717, 1.165) is 22.3 Å². The van der Waals surface area contributed by atoms with Gasteiger partial charge >= 0.3 is 12.1 Å². The molecule has 3 amide bonds. The average molecular weight is 1750 g/mol. The highest BCUT2D eigenvalue weighted by atomic mass is 16.6. The van der Waals surface area contributed by atoms with Crippen molar-refractivity contribution < 1.29 is 115 Å². The molecule has 3 fully saturated rings. The Hall–Kier alpha value is -8.56. The van der Waals surface area contributed by atoms with Crippen molar-refractivity contribution in [2.45, 2.75) is 206 Å². The molecule has 9 rings (SSSR count). The second kappa shape index (κ2) is 52.0. The van der Waals surface area contributed by atoms with Gasteiger partial charge in [0.25, 0.3) is 17.7 Å². The van der Waals surface area contributed by atoms with E-state index in [1.165, 1.54) is 18.3 Å². The predicted molar refractivity (Wildman–Crippen MR) is 464 cm³/mol. The zero-order valence-corrected chi connectivity index (χ0v) is 74.3. The average Bonchev–Trinajstić information content (AvgIpc) is 1.71. The summed E-state index contributed by atoms with van der Waals surface area (Å²) in [6.45, 7) is 19.5. The highest BCUT2D eigenvalue weighted by Gasteiger charge is 2.53. The number of carbonyl (C=O) groups is 6. The molecule has 692 valence electrons. The highest BCUT2D eigenvalue weighted by molar-refractivity contribution is 6.39. The Kier molecular flexibility index (Phi) is 41.7. The van der Waals surface area contributed by atoms with Gasteiger partial charge in [0, 0.05) is 83.5 Å². The van der Waals surface area contributed by atoms with Crippen LogP contribution in [0.3, 0.4) is 0 Å². The van der Waals surface area contributed by atoms with Gasteiger partial charge in [0.05, 0.1) is 142 Å². The number of Topliss-reactive ketones (excluding diaryl/α,β-unsaturated/α-hetero) is 2. The maximum absolute atomic E-state index is 14.8. The lowest BCUT2D eigenvalue weighted by Crippen LogP contribution is -2.61. The Morgan fingerprint density at radius 1 is 0.688 bits per heavy atom. The maximum atomic E-state index is 14.8. The number of methoxy groups -OCH3 is 3. The molecule has 2 aromatic carbocycles. The van der Waals surface area contributed by atoms with E-state index >= 15 is 0 Å². The third kappa shape index (κ3) is 30.9. The van der Waals surface area contributed by atoms with Crippen molar-refractivity contribution in [2.24, 2.45) is 35.5 Å². The summed E-state index contributed by atoms with van der Waals surface area (Å²) in [6, 6.07) is 12.3. The molecule has 6 heterocycles. The minimum absolute atomic E-state index is 0.00433. The van der Waals surface area contributed by atoms with Crippen LogP contribution in [0.4, 0.5) is 16.6 Å². The van der Waals surface area contributed by atoms with Crippen LogP contribution < -0.4 is 22.1 Å². The summed E-state index contributed by atoms with van der Waals surface area (Å²) in [6.07, 6.45) is 10.5. The lowest BCUT2D eigenvalue weighted by atomic mass is 9.78. The molecule has 5 aromatic rings. The number of anilines is 2. The molecule has 0 radical (unpaired) electrons. The number of benzene rings is 2. The number of hydrogen-bond acceptors (Lipinski definition) is 30. The third-order valence-electron chi connectivity index (χ3n) is 23.6. The van der Waals surface area contributed by atoms with E-state index in [4.69, 9.17) is 87.3 Å². The smallest absolute Gasteiger partial charge is 0.407 e. The fourth-order valence-electron chi connectivity index (χ4n) is 16.2. The van der Waals surface area contributed by atoms with E-state index in [-0.39, 0.29) is 87.4 Å². The molecule has 3 aliphatic heterocycles. The van der Waals surface area contributed by atoms with Crippen LogP contribution >= 0.6 is 0 Å². The number of hydrogen-bond donors (Lipinski definition) is 7. The van der Waals surface area contributed by atoms with Crippen molar-refractivity contribution in [3.05, 3.63) is 108 Å². The summed E-state index contributed by atoms with van der Waals surface area (Å²) in [4.78, 5) is 97.5. The first-order chi connectivity index (χ1) is 60.3. The van der Waals surface area contributed by atoms with E-state index in [2.05, 4.69) is 25.6 Å². The predicted octanol–water partition coefficient (Wildman–Crippen LogP) is 8.71. The summed E-state index contributed by atoms with van der Waals surface area (Å²) >= 11 is 0. The number of ether oxygens (including phenoxy) is 14. The number of amides is 3. The second-order valence-corrected chi connectivity index (χ2v) is 33.0. The Morgan fingerprint density at radius 2 is 1.34 bits per heavy atom. The molecule has 2 bridgehead atoms. The van der Waals surface area contributed by atoms with E-state index < -0.39 is 102 Å². The molecule has 2 unspecified atom stereocenters. The van der Waals surface area contributed by atoms with Crippen LogP contribution in [-0.4, -0.2) is 281 Å². The van der Waals surface area contributed by atoms with Gasteiger partial charge in [-0.1, -0.05) is 95.3 Å². The molecule has 16 atom stereocenters. The largest absolute Gasteiger partial charge is 0.460 e. The van der Waals surface area contributed by atoms with Crippen LogP contribution in [0.15, 0.2) is 101 Å². The Morgan fingerprint density at radius 3 is 1.98 bits per heavy atom. The van der Waals surface area contributed by atoms with Crippen LogP contribution in [0.25, 0.3) is 33.4 Å². The molecule has 2 saturated heterocycles. The summed E-state index contributed by atoms with van der Waals surface area (Å²) in [5.74, 6) is -7.74. The molecule has 0 spiro atoms. The second-order valence-electron chi connectivity index (χ2n) is 33.0. The lowest BCUT2D eigenvalue weighted by molar-refractivity contribution is -0.265. The molecule has 3 aromatic heterocycles. The van der Waals surface area contributed by atoms with Gasteiger partial charge < -0.3 is 113 Å². The standard InChI is InChI=1S/C91H134N10O24/c1-58-16-12-11-13-17-59(2)75(111-8)53-69-26-19-64(7)91(110,125-69)84(106)87(107)100-31-15-14-18-71(100)88(108)122-76(54-72(102)60(3)49-63(6)82(105)83(113-10)81(104)62(5)48-58)61(4)50-67-24-27-74(77(51-67)112-9)124-90(109)94-30-33-115-35-37-117-39-41-119-43-45-121-47-46-120-44-42-118-40-38-116-36-34-114-32-29-78(103)95-55-65-20-22-66(23-21-65)56-101-86-79(85(92)96-57-97-86)80(99-101)68-25-28-73-70(52-68)98-89(93)123-73/h11-13,16-17,20-23,25,28,49,52,57-58,60-62,64,67,69,71-72,74-77,82-83,102,105,110H,14-15,18-19,24,26-27,29-48,50-51,53-56H2,1-10H3,(H2,93,98)(H,94,109)(H,95,103)(H2,92,96,97)/b13-11+,16-12+,59-17+,63-49+/t58-,60-,61-,62-,64-,67+,69+,71+,72-,74?,75?,76+,77-,82-,83+,91-/m1/s1. The number of carbonyl (C=O) groups excluding carboxylic acids is 6. The first-order valence-electron chi connectivity index (χ1n) is 44.0. The van der Waals surface area contributed by atoms with Crippen LogP contribution in [0.5, 0.6) is 0 Å². The number of nitrogen functional groups attached to an aromatic ring is 2. The SMILES string of the molecule is COC1C[C@@H]2CC[C@@H](C)[C@@](O)(O2)C(=O)C(=O)N2CCCC[C@H]2C(=O)O[C@H]([C@H](C)C[C@@H]2CCC(OC(=O)NCCOCCOCCOCCOCCOCCOCCOCCOCCC(=O)NCc3ccc(Cn4nc(-c5ccc6oc(N)nc6c5)c5c(N)ncnc54)cc3)[C@H](OC)C2)C[C@@H](O)[C@H](C)/C=C(\C)[C@@H](O)[C@@H](OC)C(=O)[C@H](C)C[C@H](C)/C=C/C=C/C=C/1C. The Bertz CT molecular complexity index is 4310. The lowest BCUT2D eigenvalue weighted by Gasteiger charge is -2.43. The zero-order chi connectivity index (χ0) is 89.8. The summed E-state index contributed by atoms with van der Waals surface area (Å²) < 4.78 is 88.1. The van der Waals surface area contributed by atoms with Crippen molar-refractivity contribution >= 4 is 69.4 Å². The van der Waals surface area contributed by atoms with Gasteiger partial charge in [-0.25, -0.2) is 24.2 Å². The van der Waals surface area contributed by atoms with Crippen molar-refractivity contribution in [2.75, 3.05) is 152 Å². The molecule has 9 N–H and O–H groups in total. The van der Waals surface area contributed by atoms with Crippen LogP contribution in [0.2, 0.25) is 0 Å². The number of esters is 1. The summed E-state index contributed by atoms with van der Waals surface area (Å²) in [7, 11) is 4.52. The number of alkyl carbamates (subject to hydrolysis) is 1. The number of aliphatic hydroxyl groups is 3. The van der Waals surface area contributed by atoms with Gasteiger partial charge in [0.2, 0.25) is 11.7 Å². The number of aliphatic hydroxyl groups excluding tert-OH is 2. The quantitative estimate of drug-likeness (QED) is 0.00836. The molecular weight excluding hydrogens is 1620 g/mol. The fourth-order valence-corrected chi connectivity index (χ4v) is 16.2. The maximum Gasteiger partial charge on any atom is 0.407 e. The number of allylic oxidation sites excluding steroid dienone is 5. The minimum atomic E-state index is -2.47. The number of nitrogens with two attached hydrogens (primary N) is 2. The van der Waals surface area contributed by atoms with Crippen molar-refractivity contribution in [1.82, 2.24) is 40.3 Å². The fraction of sp³-hybridized carbons (Fsp3) is 0.648. The number of rotatable bonds is 39. The third-order valence-corrected chi connectivity index (χ3v) is 23.6. The van der Waals surface area contributed by atoms with Crippen molar-refractivity contribution in [3.63, 3.8) is 0 Å².